The van der Waals surface area contributed by atoms with Crippen LogP contribution in [0.25, 0.3) is 27.8 Å². The number of allylic oxidation sites excluding steroid dienone is 5. The van der Waals surface area contributed by atoms with Crippen molar-refractivity contribution >= 4 is 5.57 Å². The Hall–Kier alpha value is -3.12. The van der Waals surface area contributed by atoms with Crippen LogP contribution >= 0.6 is 0 Å². The molecule has 134 valence electrons. The normalized spacial score (nSPS) is 11.7. The highest BCUT2D eigenvalue weighted by Gasteiger charge is 2.02. The molecule has 0 saturated carbocycles. The predicted octanol–water partition coefficient (Wildman–Crippen LogP) is 7.86. The van der Waals surface area contributed by atoms with Crippen LogP contribution in [0.3, 0.4) is 0 Å². The van der Waals surface area contributed by atoms with Crippen molar-refractivity contribution in [1.29, 1.82) is 0 Å². The maximum absolute atomic E-state index is 4.17. The van der Waals surface area contributed by atoms with Gasteiger partial charge in [-0.3, -0.25) is 0 Å². The second kappa shape index (κ2) is 8.51. The molecule has 0 N–H and O–H groups in total. The molecule has 0 bridgehead atoms. The zero-order valence-corrected chi connectivity index (χ0v) is 16.4. The number of benzene rings is 3. The standard InChI is InChI=1S/C27H26/c1-5-20(2)6-9-22(4)23-12-14-25(15-13-23)27-18-16-26(17-19-27)24-10-7-21(3)8-11-24/h5-19H,4H2,1-3H3/b9-6-,20-5-. The lowest BCUT2D eigenvalue weighted by molar-refractivity contribution is 1.47. The van der Waals surface area contributed by atoms with Crippen LogP contribution in [-0.4, -0.2) is 0 Å². The van der Waals surface area contributed by atoms with Crippen molar-refractivity contribution in [3.05, 3.63) is 114 Å². The minimum absolute atomic E-state index is 1.03. The van der Waals surface area contributed by atoms with Crippen molar-refractivity contribution in [2.45, 2.75) is 20.8 Å². The first-order chi connectivity index (χ1) is 13.1. The van der Waals surface area contributed by atoms with E-state index in [1.54, 1.807) is 0 Å². The molecule has 0 amide bonds. The minimum Gasteiger partial charge on any atom is -0.0912 e. The van der Waals surface area contributed by atoms with Gasteiger partial charge in [0.1, 0.15) is 0 Å². The molecular formula is C27H26. The summed E-state index contributed by atoms with van der Waals surface area (Å²) in [6.45, 7) is 10.4. The van der Waals surface area contributed by atoms with Crippen LogP contribution < -0.4 is 0 Å². The van der Waals surface area contributed by atoms with Gasteiger partial charge in [0.15, 0.2) is 0 Å². The van der Waals surface area contributed by atoms with Crippen molar-refractivity contribution in [3.8, 4) is 22.3 Å². The third kappa shape index (κ3) is 4.74. The highest BCUT2D eigenvalue weighted by Crippen LogP contribution is 2.26. The second-order valence-corrected chi connectivity index (χ2v) is 6.91. The van der Waals surface area contributed by atoms with Gasteiger partial charge in [0.05, 0.1) is 0 Å². The Morgan fingerprint density at radius 2 is 1.07 bits per heavy atom. The van der Waals surface area contributed by atoms with Crippen molar-refractivity contribution in [3.63, 3.8) is 0 Å². The molecule has 0 atom stereocenters. The Labute approximate surface area is 163 Å². The first kappa shape index (κ1) is 18.7. The quantitative estimate of drug-likeness (QED) is 0.411. The van der Waals surface area contributed by atoms with Gasteiger partial charge in [-0.1, -0.05) is 109 Å². The molecule has 0 aliphatic carbocycles. The Bertz CT molecular complexity index is 964. The summed E-state index contributed by atoms with van der Waals surface area (Å²) in [5.74, 6) is 0. The van der Waals surface area contributed by atoms with E-state index in [2.05, 4.69) is 111 Å². The Morgan fingerprint density at radius 3 is 1.52 bits per heavy atom. The van der Waals surface area contributed by atoms with Gasteiger partial charge in [-0.15, -0.1) is 0 Å². The molecular weight excluding hydrogens is 324 g/mol. The Morgan fingerprint density at radius 1 is 0.667 bits per heavy atom. The monoisotopic (exact) mass is 350 g/mol. The Kier molecular flexibility index (Phi) is 5.88. The summed E-state index contributed by atoms with van der Waals surface area (Å²) in [6, 6.07) is 26.0. The fourth-order valence-corrected chi connectivity index (χ4v) is 2.90. The van der Waals surface area contributed by atoms with Gasteiger partial charge in [-0.25, -0.2) is 0 Å². The molecule has 0 saturated heterocycles. The minimum atomic E-state index is 1.03. The zero-order chi connectivity index (χ0) is 19.2. The predicted molar refractivity (Wildman–Crippen MR) is 120 cm³/mol. The van der Waals surface area contributed by atoms with E-state index in [0.29, 0.717) is 0 Å². The molecule has 0 spiro atoms. The molecule has 0 unspecified atom stereocenters. The number of hydrogen-bond donors (Lipinski definition) is 0. The average molecular weight is 351 g/mol. The van der Waals surface area contributed by atoms with Crippen LogP contribution in [0.1, 0.15) is 25.0 Å². The van der Waals surface area contributed by atoms with E-state index < -0.39 is 0 Å². The van der Waals surface area contributed by atoms with Gasteiger partial charge in [0.25, 0.3) is 0 Å². The topological polar surface area (TPSA) is 0 Å². The average Bonchev–Trinajstić information content (AvgIpc) is 2.72. The maximum Gasteiger partial charge on any atom is -0.0184 e. The largest absolute Gasteiger partial charge is 0.0912 e. The fraction of sp³-hybridized carbons (Fsp3) is 0.111. The van der Waals surface area contributed by atoms with E-state index in [-0.39, 0.29) is 0 Å². The molecule has 3 aromatic rings. The van der Waals surface area contributed by atoms with Crippen molar-refractivity contribution in [2.24, 2.45) is 0 Å². The van der Waals surface area contributed by atoms with E-state index in [9.17, 15) is 0 Å². The molecule has 0 heterocycles. The maximum atomic E-state index is 4.17. The van der Waals surface area contributed by atoms with Gasteiger partial charge in [-0.2, -0.15) is 0 Å². The van der Waals surface area contributed by atoms with Crippen LogP contribution in [0.15, 0.2) is 103 Å². The highest BCUT2D eigenvalue weighted by atomic mass is 14.1. The molecule has 3 aromatic carbocycles. The first-order valence-corrected chi connectivity index (χ1v) is 9.34. The third-order valence-corrected chi connectivity index (χ3v) is 4.86. The number of aryl methyl sites for hydroxylation is 1. The summed E-state index contributed by atoms with van der Waals surface area (Å²) in [4.78, 5) is 0. The molecule has 0 heteroatoms. The van der Waals surface area contributed by atoms with Crippen molar-refractivity contribution in [2.75, 3.05) is 0 Å². The van der Waals surface area contributed by atoms with Gasteiger partial charge in [0, 0.05) is 0 Å². The molecule has 27 heavy (non-hydrogen) atoms. The van der Waals surface area contributed by atoms with E-state index >= 15 is 0 Å². The van der Waals surface area contributed by atoms with Gasteiger partial charge < -0.3 is 0 Å². The van der Waals surface area contributed by atoms with Crippen LogP contribution in [0.2, 0.25) is 0 Å². The summed E-state index contributed by atoms with van der Waals surface area (Å²) >= 11 is 0. The van der Waals surface area contributed by atoms with Crippen LogP contribution in [0.5, 0.6) is 0 Å². The van der Waals surface area contributed by atoms with Crippen LogP contribution in [0, 0.1) is 6.92 Å². The second-order valence-electron chi connectivity index (χ2n) is 6.91. The van der Waals surface area contributed by atoms with Crippen molar-refractivity contribution in [1.82, 2.24) is 0 Å². The number of hydrogen-bond acceptors (Lipinski definition) is 0. The van der Waals surface area contributed by atoms with Crippen LogP contribution in [0.4, 0.5) is 0 Å². The summed E-state index contributed by atoms with van der Waals surface area (Å²) in [5, 5.41) is 0. The van der Waals surface area contributed by atoms with Gasteiger partial charge >= 0.3 is 0 Å². The third-order valence-electron chi connectivity index (χ3n) is 4.86. The summed E-state index contributed by atoms with van der Waals surface area (Å²) in [6.07, 6.45) is 6.26. The molecule has 0 nitrogen and oxygen atoms in total. The molecule has 0 radical (unpaired) electrons. The lowest BCUT2D eigenvalue weighted by atomic mass is 9.98. The Balaban J connectivity index is 1.76. The molecule has 0 aliphatic heterocycles. The van der Waals surface area contributed by atoms with Gasteiger partial charge in [0.2, 0.25) is 0 Å². The summed E-state index contributed by atoms with van der Waals surface area (Å²) < 4.78 is 0. The summed E-state index contributed by atoms with van der Waals surface area (Å²) in [7, 11) is 0. The first-order valence-electron chi connectivity index (χ1n) is 9.34. The molecule has 0 aromatic heterocycles. The zero-order valence-electron chi connectivity index (χ0n) is 16.4. The van der Waals surface area contributed by atoms with E-state index in [4.69, 9.17) is 0 Å². The summed E-state index contributed by atoms with van der Waals surface area (Å²) in [5.41, 5.74) is 9.64. The highest BCUT2D eigenvalue weighted by molar-refractivity contribution is 5.76. The number of rotatable bonds is 5. The van der Waals surface area contributed by atoms with E-state index in [1.165, 1.54) is 33.4 Å². The van der Waals surface area contributed by atoms with Gasteiger partial charge in [-0.05, 0) is 54.2 Å². The fourth-order valence-electron chi connectivity index (χ4n) is 2.90. The molecule has 0 fully saturated rings. The lowest BCUT2D eigenvalue weighted by Gasteiger charge is -2.07. The SMILES string of the molecule is C=C(/C=C\C(C)=C/C)c1ccc(-c2ccc(-c3ccc(C)cc3)cc2)cc1. The molecule has 3 rings (SSSR count). The van der Waals surface area contributed by atoms with Crippen LogP contribution in [-0.2, 0) is 0 Å². The molecule has 0 aliphatic rings. The van der Waals surface area contributed by atoms with Crippen molar-refractivity contribution < 1.29 is 0 Å². The van der Waals surface area contributed by atoms with E-state index in [1.807, 2.05) is 6.92 Å². The van der Waals surface area contributed by atoms with E-state index in [0.717, 1.165) is 11.1 Å². The lowest BCUT2D eigenvalue weighted by Crippen LogP contribution is -1.83. The smallest absolute Gasteiger partial charge is 0.0184 e.